The molecule has 0 aromatic heterocycles. The minimum atomic E-state index is -3.63. The lowest BCUT2D eigenvalue weighted by atomic mass is 9.91. The quantitative estimate of drug-likeness (QED) is 0.774. The molecule has 0 aliphatic rings. The van der Waals surface area contributed by atoms with Gasteiger partial charge in [0, 0.05) is 18.1 Å². The normalized spacial score (nSPS) is 14.4. The number of hydrogen-bond acceptors (Lipinski definition) is 3. The monoisotopic (exact) mass is 397 g/mol. The van der Waals surface area contributed by atoms with E-state index in [1.807, 2.05) is 37.3 Å². The SMILES string of the molecule is CC[C@@](CNS(=O)(=O)c1ccccc1Br)(OC)c1ccccc1. The molecule has 1 N–H and O–H groups in total. The lowest BCUT2D eigenvalue weighted by Crippen LogP contribution is -2.41. The molecule has 0 aliphatic carbocycles. The van der Waals surface area contributed by atoms with Gasteiger partial charge in [0.15, 0.2) is 0 Å². The van der Waals surface area contributed by atoms with Gasteiger partial charge in [-0.05, 0) is 40.0 Å². The third kappa shape index (κ3) is 4.01. The molecule has 0 radical (unpaired) electrons. The number of nitrogens with one attached hydrogen (secondary N) is 1. The Bertz CT molecular complexity index is 743. The Morgan fingerprint density at radius 3 is 2.26 bits per heavy atom. The second-order valence-corrected chi connectivity index (χ2v) is 7.76. The summed E-state index contributed by atoms with van der Waals surface area (Å²) in [5.41, 5.74) is 0.245. The lowest BCUT2D eigenvalue weighted by Gasteiger charge is -2.32. The smallest absolute Gasteiger partial charge is 0.241 e. The Kier molecular flexibility index (Phi) is 5.97. The van der Waals surface area contributed by atoms with Crippen LogP contribution in [0.3, 0.4) is 0 Å². The van der Waals surface area contributed by atoms with Crippen LogP contribution in [0.2, 0.25) is 0 Å². The number of hydrogen-bond donors (Lipinski definition) is 1. The Morgan fingerprint density at radius 2 is 1.70 bits per heavy atom. The topological polar surface area (TPSA) is 55.4 Å². The molecule has 0 aliphatic heterocycles. The Morgan fingerprint density at radius 1 is 1.09 bits per heavy atom. The minimum absolute atomic E-state index is 0.160. The number of methoxy groups -OCH3 is 1. The van der Waals surface area contributed by atoms with Gasteiger partial charge < -0.3 is 4.74 Å². The Balaban J connectivity index is 2.28. The van der Waals surface area contributed by atoms with Crippen molar-refractivity contribution in [2.75, 3.05) is 13.7 Å². The highest BCUT2D eigenvalue weighted by atomic mass is 79.9. The van der Waals surface area contributed by atoms with Crippen molar-refractivity contribution in [3.63, 3.8) is 0 Å². The van der Waals surface area contributed by atoms with Crippen molar-refractivity contribution in [1.29, 1.82) is 0 Å². The van der Waals surface area contributed by atoms with Crippen LogP contribution in [0.4, 0.5) is 0 Å². The summed E-state index contributed by atoms with van der Waals surface area (Å²) >= 11 is 3.28. The second-order valence-electron chi connectivity index (χ2n) is 5.17. The maximum atomic E-state index is 12.6. The summed E-state index contributed by atoms with van der Waals surface area (Å²) in [6.45, 7) is 2.14. The zero-order valence-corrected chi connectivity index (χ0v) is 15.5. The molecule has 2 rings (SSSR count). The van der Waals surface area contributed by atoms with Crippen LogP contribution < -0.4 is 4.72 Å². The van der Waals surface area contributed by atoms with E-state index in [0.29, 0.717) is 10.9 Å². The van der Waals surface area contributed by atoms with Gasteiger partial charge in [-0.25, -0.2) is 13.1 Å². The fourth-order valence-electron chi connectivity index (χ4n) is 2.46. The third-order valence-corrected chi connectivity index (χ3v) is 6.35. The van der Waals surface area contributed by atoms with Crippen molar-refractivity contribution in [3.05, 3.63) is 64.6 Å². The van der Waals surface area contributed by atoms with Crippen LogP contribution in [-0.2, 0) is 20.4 Å². The van der Waals surface area contributed by atoms with Gasteiger partial charge in [-0.2, -0.15) is 0 Å². The highest BCUT2D eigenvalue weighted by Crippen LogP contribution is 2.29. The van der Waals surface area contributed by atoms with E-state index in [9.17, 15) is 8.42 Å². The molecule has 124 valence electrons. The first kappa shape index (κ1) is 18.1. The van der Waals surface area contributed by atoms with E-state index < -0.39 is 15.6 Å². The molecule has 6 heteroatoms. The van der Waals surface area contributed by atoms with Crippen LogP contribution in [0.15, 0.2) is 64.0 Å². The summed E-state index contributed by atoms with van der Waals surface area (Å²) in [7, 11) is -2.03. The predicted octanol–water partition coefficient (Wildman–Crippen LogP) is 3.68. The maximum absolute atomic E-state index is 12.6. The summed E-state index contributed by atoms with van der Waals surface area (Å²) in [4.78, 5) is 0.217. The molecule has 4 nitrogen and oxygen atoms in total. The van der Waals surface area contributed by atoms with E-state index in [0.717, 1.165) is 5.56 Å². The second kappa shape index (κ2) is 7.57. The molecule has 2 aromatic rings. The summed E-state index contributed by atoms with van der Waals surface area (Å²) in [5, 5.41) is 0. The summed E-state index contributed by atoms with van der Waals surface area (Å²) < 4.78 is 34.0. The van der Waals surface area contributed by atoms with Crippen molar-refractivity contribution in [2.24, 2.45) is 0 Å². The molecule has 0 amide bonds. The van der Waals surface area contributed by atoms with E-state index in [1.54, 1.807) is 31.4 Å². The number of halogens is 1. The molecule has 0 unspecified atom stereocenters. The van der Waals surface area contributed by atoms with E-state index in [-0.39, 0.29) is 11.4 Å². The summed E-state index contributed by atoms with van der Waals surface area (Å²) in [6.07, 6.45) is 0.645. The zero-order chi connectivity index (χ0) is 16.9. The molecule has 23 heavy (non-hydrogen) atoms. The summed E-state index contributed by atoms with van der Waals surface area (Å²) in [5.74, 6) is 0. The Hall–Kier alpha value is -1.21. The first-order valence-corrected chi connectivity index (χ1v) is 9.57. The fraction of sp³-hybridized carbons (Fsp3) is 0.294. The zero-order valence-electron chi connectivity index (χ0n) is 13.1. The summed E-state index contributed by atoms with van der Waals surface area (Å²) in [6, 6.07) is 16.4. The molecule has 0 bridgehead atoms. The number of rotatable bonds is 7. The van der Waals surface area contributed by atoms with Gasteiger partial charge in [-0.15, -0.1) is 0 Å². The van der Waals surface area contributed by atoms with E-state index in [1.165, 1.54) is 0 Å². The molecule has 0 heterocycles. The third-order valence-electron chi connectivity index (χ3n) is 3.94. The standard InChI is InChI=1S/C17H20BrNO3S/c1-3-17(22-2,14-9-5-4-6-10-14)13-19-23(20,21)16-12-8-7-11-15(16)18/h4-12,19H,3,13H2,1-2H3/t17-/m0/s1. The highest BCUT2D eigenvalue weighted by Gasteiger charge is 2.32. The van der Waals surface area contributed by atoms with Gasteiger partial charge in [0.05, 0.1) is 4.90 Å². The largest absolute Gasteiger partial charge is 0.372 e. The van der Waals surface area contributed by atoms with Gasteiger partial charge >= 0.3 is 0 Å². The molecular formula is C17H20BrNO3S. The van der Waals surface area contributed by atoms with Crippen LogP contribution in [0.25, 0.3) is 0 Å². The van der Waals surface area contributed by atoms with Crippen molar-refractivity contribution in [2.45, 2.75) is 23.8 Å². The van der Waals surface area contributed by atoms with Crippen molar-refractivity contribution < 1.29 is 13.2 Å². The van der Waals surface area contributed by atoms with Crippen molar-refractivity contribution in [3.8, 4) is 0 Å². The van der Waals surface area contributed by atoms with E-state index in [2.05, 4.69) is 20.7 Å². The van der Waals surface area contributed by atoms with Crippen LogP contribution in [0.1, 0.15) is 18.9 Å². The van der Waals surface area contributed by atoms with E-state index >= 15 is 0 Å². The average Bonchev–Trinajstić information content (AvgIpc) is 2.57. The average molecular weight is 398 g/mol. The number of sulfonamides is 1. The molecule has 0 saturated heterocycles. The van der Waals surface area contributed by atoms with Crippen LogP contribution in [-0.4, -0.2) is 22.1 Å². The van der Waals surface area contributed by atoms with Crippen LogP contribution >= 0.6 is 15.9 Å². The molecule has 1 atom stereocenters. The minimum Gasteiger partial charge on any atom is -0.372 e. The van der Waals surface area contributed by atoms with Crippen molar-refractivity contribution >= 4 is 26.0 Å². The first-order chi connectivity index (χ1) is 10.9. The Labute approximate surface area is 146 Å². The molecule has 0 saturated carbocycles. The number of ether oxygens (including phenoxy) is 1. The molecule has 2 aromatic carbocycles. The number of benzene rings is 2. The van der Waals surface area contributed by atoms with Gasteiger partial charge in [0.1, 0.15) is 5.60 Å². The predicted molar refractivity (Wildman–Crippen MR) is 94.8 cm³/mol. The van der Waals surface area contributed by atoms with E-state index in [4.69, 9.17) is 4.74 Å². The molecule has 0 fully saturated rings. The maximum Gasteiger partial charge on any atom is 0.241 e. The molecule has 0 spiro atoms. The van der Waals surface area contributed by atoms with Crippen LogP contribution in [0, 0.1) is 0 Å². The highest BCUT2D eigenvalue weighted by molar-refractivity contribution is 9.10. The van der Waals surface area contributed by atoms with Gasteiger partial charge in [-0.1, -0.05) is 49.4 Å². The lowest BCUT2D eigenvalue weighted by molar-refractivity contribution is -0.0133. The van der Waals surface area contributed by atoms with Gasteiger partial charge in [0.25, 0.3) is 0 Å². The van der Waals surface area contributed by atoms with Gasteiger partial charge in [-0.3, -0.25) is 0 Å². The van der Waals surface area contributed by atoms with Crippen LogP contribution in [0.5, 0.6) is 0 Å². The first-order valence-electron chi connectivity index (χ1n) is 7.30. The molecular weight excluding hydrogens is 378 g/mol. The van der Waals surface area contributed by atoms with Crippen molar-refractivity contribution in [1.82, 2.24) is 4.72 Å². The fourth-order valence-corrected chi connectivity index (χ4v) is 4.54. The van der Waals surface area contributed by atoms with Gasteiger partial charge in [0.2, 0.25) is 10.0 Å².